The van der Waals surface area contributed by atoms with Crippen molar-refractivity contribution in [2.45, 2.75) is 18.5 Å². The third kappa shape index (κ3) is 4.49. The molecule has 0 spiro atoms. The fourth-order valence-electron chi connectivity index (χ4n) is 0.420. The van der Waals surface area contributed by atoms with E-state index in [1.54, 1.807) is 0 Å². The molecule has 1 unspecified atom stereocenters. The van der Waals surface area contributed by atoms with E-state index in [1.165, 1.54) is 0 Å². The van der Waals surface area contributed by atoms with Crippen LogP contribution >= 0.6 is 8.25 Å². The van der Waals surface area contributed by atoms with Gasteiger partial charge in [0, 0.05) is 0 Å². The van der Waals surface area contributed by atoms with Crippen LogP contribution in [0.25, 0.3) is 0 Å². The van der Waals surface area contributed by atoms with Crippen LogP contribution in [0.15, 0.2) is 0 Å². The normalized spacial score (nSPS) is 16.3. The van der Waals surface area contributed by atoms with Gasteiger partial charge >= 0.3 is 20.6 Å². The summed E-state index contributed by atoms with van der Waals surface area (Å²) in [5.41, 5.74) is 0. The highest BCUT2D eigenvalue weighted by atomic mass is 31.1. The van der Waals surface area contributed by atoms with Crippen molar-refractivity contribution in [1.29, 1.82) is 0 Å². The molecule has 0 fully saturated rings. The first-order valence-corrected chi connectivity index (χ1v) is 3.84. The number of halogens is 6. The lowest BCUT2D eigenvalue weighted by atomic mass is 10.3. The lowest BCUT2D eigenvalue weighted by molar-refractivity contribution is -0.300. The van der Waals surface area contributed by atoms with Crippen molar-refractivity contribution < 1.29 is 40.3 Å². The van der Waals surface area contributed by atoms with Crippen LogP contribution in [0.3, 0.4) is 0 Å². The largest absolute Gasteiger partial charge is 0.424 e. The summed E-state index contributed by atoms with van der Waals surface area (Å²) in [6.45, 7) is 0. The highest BCUT2D eigenvalue weighted by Gasteiger charge is 2.58. The lowest BCUT2D eigenvalue weighted by Crippen LogP contribution is -2.42. The van der Waals surface area contributed by atoms with Crippen molar-refractivity contribution >= 4 is 8.25 Å². The Balaban J connectivity index is 4.68. The number of hydrogen-bond acceptors (Lipinski definition) is 2. The van der Waals surface area contributed by atoms with Gasteiger partial charge in [-0.25, -0.2) is 0 Å². The monoisotopic (exact) mass is 232 g/mol. The summed E-state index contributed by atoms with van der Waals surface area (Å²) in [5.74, 6) is 0. The maximum atomic E-state index is 11.5. The molecular weight excluding hydrogens is 229 g/mol. The smallest absolute Gasteiger partial charge is 0.326 e. The third-order valence-electron chi connectivity index (χ3n) is 0.813. The predicted octanol–water partition coefficient (Wildman–Crippen LogP) is 1.88. The predicted molar refractivity (Wildman–Crippen MR) is 28.2 cm³/mol. The Morgan fingerprint density at radius 2 is 1.38 bits per heavy atom. The minimum atomic E-state index is -5.75. The summed E-state index contributed by atoms with van der Waals surface area (Å²) < 4.78 is 81.5. The van der Waals surface area contributed by atoms with E-state index in [0.29, 0.717) is 0 Å². The van der Waals surface area contributed by atoms with E-state index in [4.69, 9.17) is 4.89 Å². The molecule has 0 saturated carbocycles. The number of hydrogen-bond donors (Lipinski definition) is 1. The molecule has 1 N–H and O–H groups in total. The molecule has 0 aliphatic heterocycles. The Bertz CT molecular complexity index is 182. The topological polar surface area (TPSA) is 46.5 Å². The van der Waals surface area contributed by atoms with Gasteiger partial charge in [-0.15, -0.1) is 0 Å². The number of rotatable bonds is 2. The van der Waals surface area contributed by atoms with Gasteiger partial charge in [-0.1, -0.05) is 0 Å². The SMILES string of the molecule is O=[PH](O)OC(C(F)(F)F)C(F)(F)F. The first kappa shape index (κ1) is 12.7. The van der Waals surface area contributed by atoms with E-state index < -0.39 is 26.7 Å². The molecule has 0 radical (unpaired) electrons. The van der Waals surface area contributed by atoms with Crippen LogP contribution in [-0.2, 0) is 9.09 Å². The first-order valence-electron chi connectivity index (χ1n) is 2.58. The van der Waals surface area contributed by atoms with Crippen LogP contribution in [-0.4, -0.2) is 23.3 Å². The van der Waals surface area contributed by atoms with Gasteiger partial charge in [-0.3, -0.25) is 9.09 Å². The van der Waals surface area contributed by atoms with E-state index >= 15 is 0 Å². The Morgan fingerprint density at radius 3 is 1.46 bits per heavy atom. The van der Waals surface area contributed by atoms with Gasteiger partial charge < -0.3 is 4.89 Å². The van der Waals surface area contributed by atoms with E-state index in [9.17, 15) is 30.9 Å². The molecule has 0 heterocycles. The average Bonchev–Trinajstić information content (AvgIpc) is 1.77. The minimum Gasteiger partial charge on any atom is -0.326 e. The van der Waals surface area contributed by atoms with Gasteiger partial charge in [0.15, 0.2) is 0 Å². The van der Waals surface area contributed by atoms with E-state index in [-0.39, 0.29) is 0 Å². The van der Waals surface area contributed by atoms with Gasteiger partial charge in [0.2, 0.25) is 0 Å². The minimum absolute atomic E-state index is 2.83. The van der Waals surface area contributed by atoms with E-state index in [0.717, 1.165) is 0 Å². The van der Waals surface area contributed by atoms with Crippen LogP contribution < -0.4 is 0 Å². The summed E-state index contributed by atoms with van der Waals surface area (Å²) in [4.78, 5) is 7.77. The van der Waals surface area contributed by atoms with Gasteiger partial charge in [0.1, 0.15) is 0 Å². The van der Waals surface area contributed by atoms with Gasteiger partial charge in [0.05, 0.1) is 0 Å². The fourth-order valence-corrected chi connectivity index (χ4v) is 0.889. The summed E-state index contributed by atoms with van der Waals surface area (Å²) in [6.07, 6.45) is -15.7. The third-order valence-corrected chi connectivity index (χ3v) is 1.25. The molecular formula is C3H3F6O3P. The average molecular weight is 232 g/mol. The van der Waals surface area contributed by atoms with E-state index in [1.807, 2.05) is 0 Å². The Kier molecular flexibility index (Phi) is 3.77. The molecule has 80 valence electrons. The molecule has 0 amide bonds. The van der Waals surface area contributed by atoms with Crippen LogP contribution in [0.2, 0.25) is 0 Å². The van der Waals surface area contributed by atoms with Crippen molar-refractivity contribution in [3.63, 3.8) is 0 Å². The summed E-state index contributed by atoms with van der Waals surface area (Å²) in [6, 6.07) is 0. The Morgan fingerprint density at radius 1 is 1.08 bits per heavy atom. The molecule has 0 saturated heterocycles. The van der Waals surface area contributed by atoms with Crippen molar-refractivity contribution in [1.82, 2.24) is 0 Å². The molecule has 0 aromatic heterocycles. The molecule has 0 aliphatic rings. The van der Waals surface area contributed by atoms with Crippen LogP contribution in [0.1, 0.15) is 0 Å². The van der Waals surface area contributed by atoms with Crippen LogP contribution in [0.4, 0.5) is 26.3 Å². The zero-order valence-electron chi connectivity index (χ0n) is 5.61. The quantitative estimate of drug-likeness (QED) is 0.584. The maximum absolute atomic E-state index is 11.5. The molecule has 0 aliphatic carbocycles. The van der Waals surface area contributed by atoms with Gasteiger partial charge in [0.25, 0.3) is 6.10 Å². The van der Waals surface area contributed by atoms with Crippen molar-refractivity contribution in [3.05, 3.63) is 0 Å². The van der Waals surface area contributed by atoms with Crippen LogP contribution in [0.5, 0.6) is 0 Å². The molecule has 0 aromatic rings. The first-order chi connectivity index (χ1) is 5.55. The maximum Gasteiger partial charge on any atom is 0.424 e. The van der Waals surface area contributed by atoms with E-state index in [2.05, 4.69) is 4.52 Å². The molecule has 3 nitrogen and oxygen atoms in total. The second-order valence-electron chi connectivity index (χ2n) is 1.85. The lowest BCUT2D eigenvalue weighted by Gasteiger charge is -2.21. The molecule has 10 heteroatoms. The second-order valence-corrected chi connectivity index (χ2v) is 2.61. The molecule has 0 bridgehead atoms. The molecule has 1 atom stereocenters. The zero-order valence-corrected chi connectivity index (χ0v) is 6.61. The molecule has 0 aromatic carbocycles. The van der Waals surface area contributed by atoms with Gasteiger partial charge in [-0.05, 0) is 0 Å². The highest BCUT2D eigenvalue weighted by Crippen LogP contribution is 2.39. The Labute approximate surface area is 68.2 Å². The molecule has 13 heavy (non-hydrogen) atoms. The summed E-state index contributed by atoms with van der Waals surface area (Å²) in [5, 5.41) is 0. The zero-order chi connectivity index (χ0) is 10.9. The van der Waals surface area contributed by atoms with Crippen LogP contribution in [0, 0.1) is 0 Å². The Hall–Kier alpha value is -0.270. The van der Waals surface area contributed by atoms with Crippen molar-refractivity contribution in [2.75, 3.05) is 0 Å². The highest BCUT2D eigenvalue weighted by molar-refractivity contribution is 7.32. The van der Waals surface area contributed by atoms with Crippen molar-refractivity contribution in [3.8, 4) is 0 Å². The standard InChI is InChI=1S/C3H3F6O3P/c4-2(5,6)1(3(7,8)9)12-13(10)11/h1,13H,(H,10,11). The molecule has 0 rings (SSSR count). The van der Waals surface area contributed by atoms with Gasteiger partial charge in [-0.2, -0.15) is 26.3 Å². The second kappa shape index (κ2) is 3.85. The van der Waals surface area contributed by atoms with Crippen molar-refractivity contribution in [2.24, 2.45) is 0 Å². The summed E-state index contributed by atoms with van der Waals surface area (Å²) >= 11 is 0. The summed E-state index contributed by atoms with van der Waals surface area (Å²) in [7, 11) is -4.29. The fraction of sp³-hybridized carbons (Fsp3) is 1.00. The number of alkyl halides is 6.